The van der Waals surface area contributed by atoms with Crippen molar-refractivity contribution in [3.05, 3.63) is 29.8 Å². The lowest BCUT2D eigenvalue weighted by molar-refractivity contribution is -0.00391. The third-order valence-corrected chi connectivity index (χ3v) is 4.28. The second-order valence-electron chi connectivity index (χ2n) is 7.26. The number of hydrogen-bond acceptors (Lipinski definition) is 5. The van der Waals surface area contributed by atoms with E-state index in [1.807, 2.05) is 12.1 Å². The maximum Gasteiger partial charge on any atom is 0.118 e. The quantitative estimate of drug-likeness (QED) is 0.664. The van der Waals surface area contributed by atoms with E-state index >= 15 is 0 Å². The average Bonchev–Trinajstić information content (AvgIpc) is 3.08. The fourth-order valence-electron chi connectivity index (χ4n) is 3.06. The Kier molecular flexibility index (Phi) is 8.68. The molecule has 1 aliphatic rings. The molecule has 2 rings (SSSR count). The zero-order valence-electron chi connectivity index (χ0n) is 15.8. The molecule has 1 aromatic rings. The Balaban J connectivity index is 1.89. The predicted molar refractivity (Wildman–Crippen MR) is 98.9 cm³/mol. The molecule has 1 aromatic carbocycles. The van der Waals surface area contributed by atoms with Crippen molar-refractivity contribution in [2.75, 3.05) is 40.0 Å². The van der Waals surface area contributed by atoms with Crippen LogP contribution in [0.2, 0.25) is 0 Å². The number of methoxy groups -OCH3 is 1. The average molecular weight is 351 g/mol. The maximum absolute atomic E-state index is 10.3. The summed E-state index contributed by atoms with van der Waals surface area (Å²) in [6.07, 6.45) is 2.00. The van der Waals surface area contributed by atoms with Gasteiger partial charge >= 0.3 is 0 Å². The van der Waals surface area contributed by atoms with Gasteiger partial charge in [-0.3, -0.25) is 4.90 Å². The van der Waals surface area contributed by atoms with Crippen LogP contribution in [0.3, 0.4) is 0 Å². The molecular weight excluding hydrogens is 318 g/mol. The lowest BCUT2D eigenvalue weighted by Crippen LogP contribution is -2.39. The molecule has 1 aliphatic heterocycles. The maximum atomic E-state index is 10.3. The summed E-state index contributed by atoms with van der Waals surface area (Å²) < 4.78 is 16.6. The minimum Gasteiger partial charge on any atom is -0.497 e. The molecule has 2 atom stereocenters. The van der Waals surface area contributed by atoms with Crippen molar-refractivity contribution in [3.8, 4) is 5.75 Å². The van der Waals surface area contributed by atoms with Gasteiger partial charge < -0.3 is 19.3 Å². The normalized spacial score (nSPS) is 18.9. The smallest absolute Gasteiger partial charge is 0.118 e. The van der Waals surface area contributed by atoms with E-state index in [-0.39, 0.29) is 6.10 Å². The molecule has 0 aromatic heterocycles. The van der Waals surface area contributed by atoms with E-state index in [0.717, 1.165) is 38.3 Å². The van der Waals surface area contributed by atoms with E-state index in [2.05, 4.69) is 30.9 Å². The van der Waals surface area contributed by atoms with Gasteiger partial charge in [0, 0.05) is 32.8 Å². The molecule has 1 saturated heterocycles. The van der Waals surface area contributed by atoms with Crippen LogP contribution in [0.5, 0.6) is 5.75 Å². The lowest BCUT2D eigenvalue weighted by atomic mass is 10.1. The lowest BCUT2D eigenvalue weighted by Gasteiger charge is -2.27. The zero-order valence-corrected chi connectivity index (χ0v) is 15.8. The number of rotatable bonds is 11. The van der Waals surface area contributed by atoms with E-state index in [1.54, 1.807) is 7.11 Å². The molecular formula is C20H33NO4. The van der Waals surface area contributed by atoms with Crippen molar-refractivity contribution >= 4 is 0 Å². The molecule has 5 nitrogen and oxygen atoms in total. The van der Waals surface area contributed by atoms with Gasteiger partial charge in [0.2, 0.25) is 0 Å². The van der Waals surface area contributed by atoms with Crippen LogP contribution >= 0.6 is 0 Å². The van der Waals surface area contributed by atoms with Gasteiger partial charge in [0.1, 0.15) is 5.75 Å². The molecule has 1 N–H and O–H groups in total. The molecule has 0 aliphatic carbocycles. The molecule has 5 heteroatoms. The van der Waals surface area contributed by atoms with Crippen molar-refractivity contribution in [1.29, 1.82) is 0 Å². The van der Waals surface area contributed by atoms with Gasteiger partial charge in [0.15, 0.2) is 0 Å². The van der Waals surface area contributed by atoms with Gasteiger partial charge in [-0.15, -0.1) is 0 Å². The third-order valence-electron chi connectivity index (χ3n) is 4.28. The van der Waals surface area contributed by atoms with Crippen LogP contribution in [-0.2, 0) is 16.0 Å². The topological polar surface area (TPSA) is 51.2 Å². The first-order chi connectivity index (χ1) is 12.1. The van der Waals surface area contributed by atoms with Gasteiger partial charge in [-0.1, -0.05) is 26.0 Å². The van der Waals surface area contributed by atoms with E-state index in [1.165, 1.54) is 5.56 Å². The SMILES string of the molecule is COc1ccc(CN(C[C@H](O)COCC(C)C)C[C@@H]2CCCO2)cc1. The first-order valence-corrected chi connectivity index (χ1v) is 9.29. The van der Waals surface area contributed by atoms with Gasteiger partial charge in [0.25, 0.3) is 0 Å². The number of ether oxygens (including phenoxy) is 3. The minimum absolute atomic E-state index is 0.266. The Bertz CT molecular complexity index is 471. The highest BCUT2D eigenvalue weighted by Crippen LogP contribution is 2.17. The number of benzene rings is 1. The second-order valence-corrected chi connectivity index (χ2v) is 7.26. The first kappa shape index (κ1) is 20.2. The Labute approximate surface area is 151 Å². The summed E-state index contributed by atoms with van der Waals surface area (Å²) in [6, 6.07) is 8.09. The van der Waals surface area contributed by atoms with E-state index in [4.69, 9.17) is 14.2 Å². The number of aliphatic hydroxyl groups excluding tert-OH is 1. The number of hydrogen-bond donors (Lipinski definition) is 1. The summed E-state index contributed by atoms with van der Waals surface area (Å²) in [5, 5.41) is 10.3. The summed E-state index contributed by atoms with van der Waals surface area (Å²) in [7, 11) is 1.67. The van der Waals surface area contributed by atoms with Gasteiger partial charge in [-0.25, -0.2) is 0 Å². The van der Waals surface area contributed by atoms with Crippen LogP contribution in [0.15, 0.2) is 24.3 Å². The zero-order chi connectivity index (χ0) is 18.1. The predicted octanol–water partition coefficient (Wildman–Crippen LogP) is 2.71. The van der Waals surface area contributed by atoms with Crippen LogP contribution < -0.4 is 4.74 Å². The van der Waals surface area contributed by atoms with Gasteiger partial charge in [-0.2, -0.15) is 0 Å². The molecule has 1 heterocycles. The molecule has 0 unspecified atom stereocenters. The van der Waals surface area contributed by atoms with Crippen LogP contribution in [0.1, 0.15) is 32.3 Å². The molecule has 142 valence electrons. The van der Waals surface area contributed by atoms with Crippen molar-refractivity contribution in [3.63, 3.8) is 0 Å². The fourth-order valence-corrected chi connectivity index (χ4v) is 3.06. The second kappa shape index (κ2) is 10.8. The van der Waals surface area contributed by atoms with Gasteiger partial charge in [0.05, 0.1) is 25.9 Å². The summed E-state index contributed by atoms with van der Waals surface area (Å²) in [5.41, 5.74) is 1.20. The number of nitrogens with zero attached hydrogens (tertiary/aromatic N) is 1. The Morgan fingerprint density at radius 1 is 1.24 bits per heavy atom. The molecule has 0 spiro atoms. The summed E-state index contributed by atoms with van der Waals surface area (Å²) in [4.78, 5) is 2.27. The largest absolute Gasteiger partial charge is 0.497 e. The highest BCUT2D eigenvalue weighted by atomic mass is 16.5. The van der Waals surface area contributed by atoms with E-state index in [0.29, 0.717) is 25.7 Å². The monoisotopic (exact) mass is 351 g/mol. The minimum atomic E-state index is -0.488. The summed E-state index contributed by atoms with van der Waals surface area (Å²) in [5.74, 6) is 1.34. The van der Waals surface area contributed by atoms with Crippen LogP contribution in [-0.4, -0.2) is 62.2 Å². The first-order valence-electron chi connectivity index (χ1n) is 9.29. The highest BCUT2D eigenvalue weighted by molar-refractivity contribution is 5.27. The summed E-state index contributed by atoms with van der Waals surface area (Å²) in [6.45, 7) is 8.34. The third kappa shape index (κ3) is 7.74. The standard InChI is InChI=1S/C20H33NO4/c1-16(2)14-24-15-18(22)12-21(13-20-5-4-10-25-20)11-17-6-8-19(23-3)9-7-17/h6-9,16,18,20,22H,4-5,10-15H2,1-3H3/t18-,20-/m0/s1. The molecule has 0 radical (unpaired) electrons. The molecule has 0 bridgehead atoms. The van der Waals surface area contributed by atoms with Crippen molar-refractivity contribution < 1.29 is 19.3 Å². The fraction of sp³-hybridized carbons (Fsp3) is 0.700. The Hall–Kier alpha value is -1.14. The Morgan fingerprint density at radius 2 is 2.00 bits per heavy atom. The van der Waals surface area contributed by atoms with Crippen LogP contribution in [0.25, 0.3) is 0 Å². The van der Waals surface area contributed by atoms with Crippen molar-refractivity contribution in [2.45, 2.75) is 45.4 Å². The molecule has 25 heavy (non-hydrogen) atoms. The highest BCUT2D eigenvalue weighted by Gasteiger charge is 2.21. The summed E-state index contributed by atoms with van der Waals surface area (Å²) >= 11 is 0. The Morgan fingerprint density at radius 3 is 2.60 bits per heavy atom. The molecule has 0 saturated carbocycles. The van der Waals surface area contributed by atoms with E-state index in [9.17, 15) is 5.11 Å². The van der Waals surface area contributed by atoms with Crippen LogP contribution in [0, 0.1) is 5.92 Å². The molecule has 0 amide bonds. The van der Waals surface area contributed by atoms with Gasteiger partial charge in [-0.05, 0) is 36.5 Å². The number of aliphatic hydroxyl groups is 1. The van der Waals surface area contributed by atoms with Crippen molar-refractivity contribution in [2.24, 2.45) is 5.92 Å². The van der Waals surface area contributed by atoms with E-state index < -0.39 is 6.10 Å². The van der Waals surface area contributed by atoms with Crippen LogP contribution in [0.4, 0.5) is 0 Å². The van der Waals surface area contributed by atoms with Crippen molar-refractivity contribution in [1.82, 2.24) is 4.90 Å². The molecule has 1 fully saturated rings.